The molecule has 45 heavy (non-hydrogen) atoms. The smallest absolute Gasteiger partial charge is 0.303 e. The van der Waals surface area contributed by atoms with Crippen LogP contribution in [-0.2, 0) is 49.3 Å². The predicted octanol–water partition coefficient (Wildman–Crippen LogP) is 3.62. The first-order valence-electron chi connectivity index (χ1n) is 15.0. The summed E-state index contributed by atoms with van der Waals surface area (Å²) in [5, 5.41) is 9.04. The first-order valence-corrected chi connectivity index (χ1v) is 15.0. The summed E-state index contributed by atoms with van der Waals surface area (Å²) < 4.78 is 28.7. The van der Waals surface area contributed by atoms with Gasteiger partial charge in [0, 0.05) is 52.5 Å². The Morgan fingerprint density at radius 3 is 2.16 bits per heavy atom. The number of rotatable bonds is 11. The average Bonchev–Trinajstić information content (AvgIpc) is 3.33. The van der Waals surface area contributed by atoms with Crippen molar-refractivity contribution in [2.45, 2.75) is 84.0 Å². The van der Waals surface area contributed by atoms with Crippen molar-refractivity contribution in [3.05, 3.63) is 70.8 Å². The summed E-state index contributed by atoms with van der Waals surface area (Å²) in [6.45, 7) is 7.22. The van der Waals surface area contributed by atoms with Gasteiger partial charge in [0.2, 0.25) is 0 Å². The van der Waals surface area contributed by atoms with Crippen molar-refractivity contribution >= 4 is 35.6 Å². The lowest BCUT2D eigenvalue weighted by atomic mass is 9.90. The molecule has 11 heteroatoms. The Hall–Kier alpha value is -4.22. The Balaban J connectivity index is 1.72. The summed E-state index contributed by atoms with van der Waals surface area (Å²) in [7, 11) is 0. The van der Waals surface area contributed by atoms with Crippen LogP contribution < -0.4 is 4.90 Å². The van der Waals surface area contributed by atoms with E-state index in [0.29, 0.717) is 19.4 Å². The number of hydrogen-bond donors (Lipinski definition) is 1. The van der Waals surface area contributed by atoms with E-state index in [0.717, 1.165) is 27.9 Å². The summed E-state index contributed by atoms with van der Waals surface area (Å²) in [4.78, 5) is 50.6. The maximum absolute atomic E-state index is 12.4. The van der Waals surface area contributed by atoms with Gasteiger partial charge in [-0.3, -0.25) is 19.2 Å². The van der Waals surface area contributed by atoms with Gasteiger partial charge in [0.1, 0.15) is 12.7 Å². The molecule has 1 unspecified atom stereocenters. The molecule has 0 spiro atoms. The van der Waals surface area contributed by atoms with Crippen molar-refractivity contribution in [3.8, 4) is 0 Å². The van der Waals surface area contributed by atoms with E-state index in [-0.39, 0.29) is 19.1 Å². The van der Waals surface area contributed by atoms with Crippen LogP contribution in [0, 0.1) is 6.92 Å². The van der Waals surface area contributed by atoms with Gasteiger partial charge in [0.05, 0.1) is 0 Å². The average molecular weight is 624 g/mol. The zero-order valence-corrected chi connectivity index (χ0v) is 26.3. The number of benzene rings is 2. The standard InChI is InChI=1S/C34H41NO10/c1-20-9-8-11-28-30(20)27(17-26-14-12-25(13-15-26)10-6-7-16-36)18-35(28)34-33(44-24(5)40)32(43-23(4)39)31(42-22(3)38)29(45-34)19-41-21(2)37/h6,8-15,27,29,31-34,36H,7,16-19H2,1-5H3/b10-6+/t27?,29-,31-,32+,33-,34-/m1/s1. The highest BCUT2D eigenvalue weighted by atomic mass is 16.7. The second-order valence-corrected chi connectivity index (χ2v) is 11.3. The fraction of sp³-hybridized carbons (Fsp3) is 0.471. The third-order valence-electron chi connectivity index (χ3n) is 7.78. The summed E-state index contributed by atoms with van der Waals surface area (Å²) in [6.07, 6.45) is -0.442. The third kappa shape index (κ3) is 8.49. The molecule has 2 aliphatic heterocycles. The van der Waals surface area contributed by atoms with Crippen molar-refractivity contribution in [1.29, 1.82) is 0 Å². The highest BCUT2D eigenvalue weighted by Gasteiger charge is 2.55. The lowest BCUT2D eigenvalue weighted by Crippen LogP contribution is -2.66. The number of carbonyl (C=O) groups excluding carboxylic acids is 4. The summed E-state index contributed by atoms with van der Waals surface area (Å²) >= 11 is 0. The summed E-state index contributed by atoms with van der Waals surface area (Å²) in [6, 6.07) is 14.2. The van der Waals surface area contributed by atoms with Crippen LogP contribution in [0.25, 0.3) is 6.08 Å². The molecule has 2 aromatic rings. The molecular weight excluding hydrogens is 582 g/mol. The Labute approximate surface area is 263 Å². The fourth-order valence-corrected chi connectivity index (χ4v) is 6.08. The number of aliphatic hydroxyl groups is 1. The number of ether oxygens (including phenoxy) is 5. The third-order valence-corrected chi connectivity index (χ3v) is 7.78. The van der Waals surface area contributed by atoms with Crippen LogP contribution in [0.15, 0.2) is 48.5 Å². The van der Waals surface area contributed by atoms with Crippen LogP contribution in [0.5, 0.6) is 0 Å². The van der Waals surface area contributed by atoms with E-state index < -0.39 is 54.5 Å². The molecule has 6 atom stereocenters. The van der Waals surface area contributed by atoms with E-state index in [1.807, 2.05) is 54.3 Å². The van der Waals surface area contributed by atoms with Crippen LogP contribution >= 0.6 is 0 Å². The van der Waals surface area contributed by atoms with Crippen molar-refractivity contribution in [3.63, 3.8) is 0 Å². The predicted molar refractivity (Wildman–Crippen MR) is 164 cm³/mol. The van der Waals surface area contributed by atoms with Crippen LogP contribution in [0.1, 0.15) is 62.3 Å². The topological polar surface area (TPSA) is 138 Å². The van der Waals surface area contributed by atoms with Gasteiger partial charge in [-0.05, 0) is 48.1 Å². The van der Waals surface area contributed by atoms with E-state index >= 15 is 0 Å². The van der Waals surface area contributed by atoms with Gasteiger partial charge < -0.3 is 33.7 Å². The van der Waals surface area contributed by atoms with E-state index in [4.69, 9.17) is 28.8 Å². The van der Waals surface area contributed by atoms with E-state index in [2.05, 4.69) is 12.1 Å². The second kappa shape index (κ2) is 15.2. The monoisotopic (exact) mass is 623 g/mol. The molecule has 242 valence electrons. The molecule has 1 N–H and O–H groups in total. The number of anilines is 1. The second-order valence-electron chi connectivity index (χ2n) is 11.3. The Kier molecular flexibility index (Phi) is 11.4. The molecule has 0 amide bonds. The quantitative estimate of drug-likeness (QED) is 0.290. The number of nitrogens with zero attached hydrogens (tertiary/aromatic N) is 1. The van der Waals surface area contributed by atoms with Gasteiger partial charge >= 0.3 is 23.9 Å². The summed E-state index contributed by atoms with van der Waals surface area (Å²) in [5.74, 6) is -2.53. The maximum Gasteiger partial charge on any atom is 0.303 e. The van der Waals surface area contributed by atoms with Crippen molar-refractivity contribution in [2.75, 3.05) is 24.7 Å². The molecule has 1 fully saturated rings. The Morgan fingerprint density at radius 2 is 1.53 bits per heavy atom. The maximum atomic E-state index is 12.4. The number of fused-ring (bicyclic) bond motifs is 1. The normalized spacial score (nSPS) is 24.2. The first-order chi connectivity index (χ1) is 21.5. The van der Waals surface area contributed by atoms with Gasteiger partial charge in [0.25, 0.3) is 0 Å². The van der Waals surface area contributed by atoms with Crippen LogP contribution in [0.2, 0.25) is 0 Å². The Morgan fingerprint density at radius 1 is 0.889 bits per heavy atom. The van der Waals surface area contributed by atoms with Gasteiger partial charge in [0.15, 0.2) is 24.5 Å². The molecule has 2 aromatic carbocycles. The van der Waals surface area contributed by atoms with Gasteiger partial charge in [-0.15, -0.1) is 0 Å². The lowest BCUT2D eigenvalue weighted by Gasteiger charge is -2.47. The molecular formula is C34H41NO10. The largest absolute Gasteiger partial charge is 0.463 e. The SMILES string of the molecule is CC(=O)OC[C@H]1O[C@@H](N2CC(Cc3ccc(/C=C/CCO)cc3)c3c(C)cccc32)[C@H](OC(C)=O)[C@@H](OC(C)=O)[C@@H]1OC(C)=O. The minimum Gasteiger partial charge on any atom is -0.463 e. The van der Waals surface area contributed by atoms with E-state index in [1.165, 1.54) is 27.7 Å². The van der Waals surface area contributed by atoms with Crippen molar-refractivity contribution < 1.29 is 48.0 Å². The molecule has 0 bridgehead atoms. The van der Waals surface area contributed by atoms with Crippen molar-refractivity contribution in [1.82, 2.24) is 0 Å². The highest BCUT2D eigenvalue weighted by Crippen LogP contribution is 2.44. The van der Waals surface area contributed by atoms with E-state index in [1.54, 1.807) is 0 Å². The molecule has 2 heterocycles. The number of hydrogen-bond acceptors (Lipinski definition) is 11. The molecule has 0 radical (unpaired) electrons. The number of carbonyl (C=O) groups is 4. The molecule has 0 saturated carbocycles. The van der Waals surface area contributed by atoms with E-state index in [9.17, 15) is 19.2 Å². The number of esters is 4. The Bertz CT molecular complexity index is 1400. The molecule has 0 aliphatic carbocycles. The van der Waals surface area contributed by atoms with Crippen LogP contribution in [-0.4, -0.2) is 79.4 Å². The first kappa shape index (κ1) is 33.7. The lowest BCUT2D eigenvalue weighted by molar-refractivity contribution is -0.252. The molecule has 4 rings (SSSR count). The zero-order valence-electron chi connectivity index (χ0n) is 26.3. The molecule has 2 aliphatic rings. The van der Waals surface area contributed by atoms with Crippen molar-refractivity contribution in [2.24, 2.45) is 0 Å². The molecule has 11 nitrogen and oxygen atoms in total. The zero-order chi connectivity index (χ0) is 32.7. The number of aryl methyl sites for hydroxylation is 1. The number of aliphatic hydroxyl groups excluding tert-OH is 1. The fourth-order valence-electron chi connectivity index (χ4n) is 6.08. The molecule has 0 aromatic heterocycles. The van der Waals surface area contributed by atoms with Gasteiger partial charge in [-0.25, -0.2) is 0 Å². The van der Waals surface area contributed by atoms with Crippen LogP contribution in [0.3, 0.4) is 0 Å². The highest BCUT2D eigenvalue weighted by molar-refractivity contribution is 5.69. The van der Waals surface area contributed by atoms with Gasteiger partial charge in [-0.1, -0.05) is 48.6 Å². The van der Waals surface area contributed by atoms with Crippen LogP contribution in [0.4, 0.5) is 5.69 Å². The minimum absolute atomic E-state index is 0.0313. The summed E-state index contributed by atoms with van der Waals surface area (Å²) in [5.41, 5.74) is 5.21. The van der Waals surface area contributed by atoms with Gasteiger partial charge in [-0.2, -0.15) is 0 Å². The molecule has 1 saturated heterocycles. The minimum atomic E-state index is -1.24.